The molecule has 0 saturated heterocycles. The van der Waals surface area contributed by atoms with Crippen LogP contribution in [0.15, 0.2) is 16.4 Å². The number of nitrogens with zero attached hydrogens (tertiary/aromatic N) is 2. The zero-order chi connectivity index (χ0) is 13.2. The van der Waals surface area contributed by atoms with Gasteiger partial charge in [-0.05, 0) is 35.2 Å². The molecule has 1 heterocycles. The van der Waals surface area contributed by atoms with Crippen molar-refractivity contribution in [3.05, 3.63) is 27.8 Å². The summed E-state index contributed by atoms with van der Waals surface area (Å²) in [5, 5.41) is 0. The normalized spacial score (nSPS) is 13.3. The minimum atomic E-state index is -0.0581. The SMILES string of the molecule is C/C(=C(/C=O)c1ncc(Br)nc1C)C(C)(C)C. The van der Waals surface area contributed by atoms with Crippen molar-refractivity contribution in [3.8, 4) is 0 Å². The molecule has 0 unspecified atom stereocenters. The van der Waals surface area contributed by atoms with Crippen molar-refractivity contribution in [2.75, 3.05) is 0 Å². The lowest BCUT2D eigenvalue weighted by atomic mass is 9.83. The van der Waals surface area contributed by atoms with Gasteiger partial charge in [0.25, 0.3) is 0 Å². The highest BCUT2D eigenvalue weighted by Crippen LogP contribution is 2.31. The second kappa shape index (κ2) is 5.08. The lowest BCUT2D eigenvalue weighted by molar-refractivity contribution is -0.103. The highest BCUT2D eigenvalue weighted by molar-refractivity contribution is 9.10. The van der Waals surface area contributed by atoms with Crippen LogP contribution in [0, 0.1) is 12.3 Å². The van der Waals surface area contributed by atoms with E-state index in [0.717, 1.165) is 17.6 Å². The van der Waals surface area contributed by atoms with Gasteiger partial charge < -0.3 is 0 Å². The second-order valence-electron chi connectivity index (χ2n) is 5.03. The van der Waals surface area contributed by atoms with Crippen LogP contribution < -0.4 is 0 Å². The standard InChI is InChI=1S/C13H17BrN2O/c1-8(13(3,4)5)10(7-17)12-9(2)16-11(14)6-15-12/h6-7H,1-5H3/b10-8+. The van der Waals surface area contributed by atoms with Crippen LogP contribution in [0.25, 0.3) is 5.57 Å². The van der Waals surface area contributed by atoms with Crippen LogP contribution in [0.1, 0.15) is 39.1 Å². The Morgan fingerprint density at radius 1 is 1.41 bits per heavy atom. The predicted octanol–water partition coefficient (Wildman–Crippen LogP) is 3.57. The van der Waals surface area contributed by atoms with Gasteiger partial charge in [-0.15, -0.1) is 0 Å². The smallest absolute Gasteiger partial charge is 0.152 e. The number of carbonyl (C=O) groups is 1. The van der Waals surface area contributed by atoms with Gasteiger partial charge in [-0.25, -0.2) is 4.98 Å². The van der Waals surface area contributed by atoms with Crippen molar-refractivity contribution in [2.45, 2.75) is 34.6 Å². The van der Waals surface area contributed by atoms with Crippen molar-refractivity contribution in [1.29, 1.82) is 0 Å². The maximum Gasteiger partial charge on any atom is 0.152 e. The molecular weight excluding hydrogens is 280 g/mol. The van der Waals surface area contributed by atoms with E-state index in [9.17, 15) is 4.79 Å². The van der Waals surface area contributed by atoms with Crippen molar-refractivity contribution in [3.63, 3.8) is 0 Å². The van der Waals surface area contributed by atoms with Gasteiger partial charge in [0.15, 0.2) is 6.29 Å². The third kappa shape index (κ3) is 3.22. The Labute approximate surface area is 110 Å². The first-order valence-electron chi connectivity index (χ1n) is 5.43. The highest BCUT2D eigenvalue weighted by atomic mass is 79.9. The predicted molar refractivity (Wildman–Crippen MR) is 72.6 cm³/mol. The molecule has 4 heteroatoms. The summed E-state index contributed by atoms with van der Waals surface area (Å²) < 4.78 is 0.678. The third-order valence-corrected chi connectivity index (χ3v) is 3.20. The van der Waals surface area contributed by atoms with Crippen molar-refractivity contribution in [1.82, 2.24) is 9.97 Å². The molecule has 0 fully saturated rings. The summed E-state index contributed by atoms with van der Waals surface area (Å²) in [6, 6.07) is 0. The fourth-order valence-corrected chi connectivity index (χ4v) is 1.81. The first kappa shape index (κ1) is 14.0. The zero-order valence-corrected chi connectivity index (χ0v) is 12.4. The van der Waals surface area contributed by atoms with Crippen LogP contribution in [0.3, 0.4) is 0 Å². The van der Waals surface area contributed by atoms with E-state index < -0.39 is 0 Å². The molecule has 0 spiro atoms. The van der Waals surface area contributed by atoms with E-state index in [4.69, 9.17) is 0 Å². The first-order valence-corrected chi connectivity index (χ1v) is 6.22. The Hall–Kier alpha value is -1.03. The van der Waals surface area contributed by atoms with E-state index >= 15 is 0 Å². The molecule has 17 heavy (non-hydrogen) atoms. The maximum atomic E-state index is 11.3. The molecule has 0 saturated carbocycles. The fraction of sp³-hybridized carbons (Fsp3) is 0.462. The Balaban J connectivity index is 3.43. The Bertz CT molecular complexity index is 473. The third-order valence-electron chi connectivity index (χ3n) is 2.82. The summed E-state index contributed by atoms with van der Waals surface area (Å²) in [4.78, 5) is 19.8. The number of hydrogen-bond donors (Lipinski definition) is 0. The van der Waals surface area contributed by atoms with E-state index in [1.54, 1.807) is 6.20 Å². The molecule has 1 aromatic heterocycles. The van der Waals surface area contributed by atoms with Gasteiger partial charge in [0, 0.05) is 5.57 Å². The number of hydrogen-bond acceptors (Lipinski definition) is 3. The summed E-state index contributed by atoms with van der Waals surface area (Å²) in [7, 11) is 0. The van der Waals surface area contributed by atoms with E-state index in [1.807, 2.05) is 13.8 Å². The molecule has 0 aliphatic heterocycles. The van der Waals surface area contributed by atoms with E-state index in [2.05, 4.69) is 46.7 Å². The summed E-state index contributed by atoms with van der Waals surface area (Å²) >= 11 is 3.27. The number of allylic oxidation sites excluding steroid dienone is 2. The second-order valence-corrected chi connectivity index (χ2v) is 5.85. The van der Waals surface area contributed by atoms with Gasteiger partial charge in [0.05, 0.1) is 17.6 Å². The van der Waals surface area contributed by atoms with Crippen molar-refractivity contribution < 1.29 is 4.79 Å². The lowest BCUT2D eigenvalue weighted by Gasteiger charge is -2.22. The molecule has 0 bridgehead atoms. The minimum Gasteiger partial charge on any atom is -0.298 e. The van der Waals surface area contributed by atoms with Crippen molar-refractivity contribution in [2.24, 2.45) is 5.41 Å². The average Bonchev–Trinajstić information content (AvgIpc) is 2.20. The quantitative estimate of drug-likeness (QED) is 0.619. The molecule has 1 aromatic rings. The zero-order valence-electron chi connectivity index (χ0n) is 10.8. The van der Waals surface area contributed by atoms with Gasteiger partial charge in [0.2, 0.25) is 0 Å². The largest absolute Gasteiger partial charge is 0.298 e. The molecule has 0 atom stereocenters. The molecule has 0 N–H and O–H groups in total. The van der Waals surface area contributed by atoms with Gasteiger partial charge in [-0.3, -0.25) is 9.78 Å². The van der Waals surface area contributed by atoms with Crippen LogP contribution in [-0.4, -0.2) is 16.3 Å². The number of aryl methyl sites for hydroxylation is 1. The summed E-state index contributed by atoms with van der Waals surface area (Å²) in [6.45, 7) is 10.0. The molecular formula is C13H17BrN2O. The number of aldehydes is 1. The molecule has 0 amide bonds. The summed E-state index contributed by atoms with van der Waals surface area (Å²) in [5.74, 6) is 0. The topological polar surface area (TPSA) is 42.9 Å². The van der Waals surface area contributed by atoms with Crippen molar-refractivity contribution >= 4 is 27.8 Å². The first-order chi connectivity index (χ1) is 7.77. The summed E-state index contributed by atoms with van der Waals surface area (Å²) in [6.07, 6.45) is 2.48. The Kier molecular flexibility index (Phi) is 4.20. The lowest BCUT2D eigenvalue weighted by Crippen LogP contribution is -2.11. The molecule has 0 aliphatic rings. The molecule has 0 aromatic carbocycles. The van der Waals surface area contributed by atoms with Gasteiger partial charge in [0.1, 0.15) is 4.60 Å². The molecule has 0 aliphatic carbocycles. The number of rotatable bonds is 2. The fourth-order valence-electron chi connectivity index (χ4n) is 1.44. The number of aromatic nitrogens is 2. The van der Waals surface area contributed by atoms with Crippen LogP contribution >= 0.6 is 15.9 Å². The molecule has 0 radical (unpaired) electrons. The van der Waals surface area contributed by atoms with Gasteiger partial charge >= 0.3 is 0 Å². The number of carbonyl (C=O) groups excluding carboxylic acids is 1. The van der Waals surface area contributed by atoms with Crippen LogP contribution in [0.4, 0.5) is 0 Å². The average molecular weight is 297 g/mol. The van der Waals surface area contributed by atoms with Gasteiger partial charge in [-0.2, -0.15) is 0 Å². The van der Waals surface area contributed by atoms with Gasteiger partial charge in [-0.1, -0.05) is 26.3 Å². The molecule has 92 valence electrons. The van der Waals surface area contributed by atoms with E-state index in [0.29, 0.717) is 15.9 Å². The molecule has 1 rings (SSSR count). The monoisotopic (exact) mass is 296 g/mol. The Morgan fingerprint density at radius 3 is 2.41 bits per heavy atom. The van der Waals surface area contributed by atoms with E-state index in [1.165, 1.54) is 0 Å². The summed E-state index contributed by atoms with van der Waals surface area (Å²) in [5.41, 5.74) is 3.01. The van der Waals surface area contributed by atoms with Crippen LogP contribution in [-0.2, 0) is 4.79 Å². The maximum absolute atomic E-state index is 11.3. The van der Waals surface area contributed by atoms with Crippen LogP contribution in [0.2, 0.25) is 0 Å². The highest BCUT2D eigenvalue weighted by Gasteiger charge is 2.20. The van der Waals surface area contributed by atoms with E-state index in [-0.39, 0.29) is 5.41 Å². The number of halogens is 1. The Morgan fingerprint density at radius 2 is 2.00 bits per heavy atom. The van der Waals surface area contributed by atoms with Crippen LogP contribution in [0.5, 0.6) is 0 Å². The minimum absolute atomic E-state index is 0.0581. The molecule has 3 nitrogen and oxygen atoms in total.